The van der Waals surface area contributed by atoms with Gasteiger partial charge in [0.2, 0.25) is 0 Å². The molecule has 0 saturated carbocycles. The molecule has 0 aromatic heterocycles. The highest BCUT2D eigenvalue weighted by molar-refractivity contribution is 6.10. The number of benzene rings is 6. The van der Waals surface area contributed by atoms with Crippen molar-refractivity contribution in [3.8, 4) is 22.6 Å². The fraction of sp³-hybridized carbons (Fsp3) is 0.0588. The van der Waals surface area contributed by atoms with Crippen LogP contribution in [0.5, 0.6) is 11.5 Å². The van der Waals surface area contributed by atoms with Crippen LogP contribution in [0.3, 0.4) is 0 Å². The van der Waals surface area contributed by atoms with Gasteiger partial charge in [-0.25, -0.2) is 0 Å². The van der Waals surface area contributed by atoms with E-state index in [1.165, 1.54) is 0 Å². The van der Waals surface area contributed by atoms with Crippen LogP contribution >= 0.6 is 0 Å². The van der Waals surface area contributed by atoms with Crippen LogP contribution in [-0.2, 0) is 5.54 Å². The molecule has 6 aromatic rings. The molecule has 0 heterocycles. The summed E-state index contributed by atoms with van der Waals surface area (Å²) in [6.45, 7) is 0. The maximum Gasteiger partial charge on any atom is 0.129 e. The minimum atomic E-state index is -1.29. The third kappa shape index (κ3) is 3.70. The summed E-state index contributed by atoms with van der Waals surface area (Å²) in [5.74, 6) is 0.0732. The molecular weight excluding hydrogens is 468 g/mol. The lowest BCUT2D eigenvalue weighted by Gasteiger charge is -2.38. The zero-order valence-corrected chi connectivity index (χ0v) is 20.8. The van der Waals surface area contributed by atoms with E-state index in [1.54, 1.807) is 6.07 Å². The van der Waals surface area contributed by atoms with Gasteiger partial charge in [-0.3, -0.25) is 0 Å². The Morgan fingerprint density at radius 1 is 0.579 bits per heavy atom. The second kappa shape index (κ2) is 9.34. The average molecular weight is 497 g/mol. The molecule has 38 heavy (non-hydrogen) atoms. The van der Waals surface area contributed by atoms with E-state index in [0.717, 1.165) is 32.7 Å². The lowest BCUT2D eigenvalue weighted by atomic mass is 9.73. The molecule has 6 aromatic carbocycles. The van der Waals surface area contributed by atoms with Crippen molar-refractivity contribution in [1.29, 1.82) is 0 Å². The van der Waals surface area contributed by atoms with Crippen molar-refractivity contribution >= 4 is 21.5 Å². The molecule has 0 bridgehead atoms. The third-order valence-electron chi connectivity index (χ3n) is 7.53. The first kappa shape index (κ1) is 23.7. The highest BCUT2D eigenvalue weighted by Gasteiger charge is 2.40. The molecule has 4 nitrogen and oxygen atoms in total. The first-order valence-corrected chi connectivity index (χ1v) is 12.6. The van der Waals surface area contributed by atoms with E-state index in [2.05, 4.69) is 0 Å². The summed E-state index contributed by atoms with van der Waals surface area (Å²) in [5, 5.41) is 26.8. The van der Waals surface area contributed by atoms with Gasteiger partial charge < -0.3 is 21.7 Å². The van der Waals surface area contributed by atoms with Gasteiger partial charge in [-0.15, -0.1) is 0 Å². The SMILES string of the molecule is NC(c1ccccc1)[C@@](N)(c1ccccc1)c1cc2ccccc2c(-c2c(O)ccc3ccccc23)c1O. The molecule has 0 amide bonds. The number of rotatable bonds is 5. The lowest BCUT2D eigenvalue weighted by molar-refractivity contribution is 0.397. The molecule has 4 heteroatoms. The molecule has 0 fully saturated rings. The predicted octanol–water partition coefficient (Wildman–Crippen LogP) is 6.97. The molecule has 0 spiro atoms. The van der Waals surface area contributed by atoms with Crippen LogP contribution in [0.25, 0.3) is 32.7 Å². The Labute approximate surface area is 221 Å². The third-order valence-corrected chi connectivity index (χ3v) is 7.53. The van der Waals surface area contributed by atoms with E-state index in [4.69, 9.17) is 11.5 Å². The highest BCUT2D eigenvalue weighted by Crippen LogP contribution is 2.50. The standard InChI is InChI=1S/C34H28N2O2/c35-33(23-12-3-1-4-13-23)34(36,25-15-5-2-6-16-25)28-21-24-14-8-10-18-27(24)31(32(28)38)30-26-17-9-7-11-22(26)19-20-29(30)37/h1-21,33,37-38H,35-36H2/t33?,34-/m1/s1. The number of nitrogens with two attached hydrogens (primary N) is 2. The van der Waals surface area contributed by atoms with Gasteiger partial charge in [-0.1, -0.05) is 115 Å². The average Bonchev–Trinajstić information content (AvgIpc) is 2.97. The van der Waals surface area contributed by atoms with Gasteiger partial charge >= 0.3 is 0 Å². The quantitative estimate of drug-likeness (QED) is 0.207. The summed E-state index contributed by atoms with van der Waals surface area (Å²) in [6, 6.07) is 39.8. The molecule has 1 unspecified atom stereocenters. The normalized spacial score (nSPS) is 13.8. The summed E-state index contributed by atoms with van der Waals surface area (Å²) >= 11 is 0. The van der Waals surface area contributed by atoms with E-state index in [1.807, 2.05) is 121 Å². The summed E-state index contributed by atoms with van der Waals surface area (Å²) < 4.78 is 0. The summed E-state index contributed by atoms with van der Waals surface area (Å²) in [5.41, 5.74) is 16.2. The van der Waals surface area contributed by atoms with Crippen molar-refractivity contribution in [2.45, 2.75) is 11.6 Å². The van der Waals surface area contributed by atoms with Crippen LogP contribution in [0.1, 0.15) is 22.7 Å². The van der Waals surface area contributed by atoms with E-state index in [-0.39, 0.29) is 11.5 Å². The van der Waals surface area contributed by atoms with Gasteiger partial charge in [0, 0.05) is 16.7 Å². The first-order valence-electron chi connectivity index (χ1n) is 12.6. The highest BCUT2D eigenvalue weighted by atomic mass is 16.3. The Hall–Kier alpha value is -4.64. The van der Waals surface area contributed by atoms with Crippen LogP contribution in [0.2, 0.25) is 0 Å². The van der Waals surface area contributed by atoms with Crippen LogP contribution in [-0.4, -0.2) is 10.2 Å². The summed E-state index contributed by atoms with van der Waals surface area (Å²) in [7, 11) is 0. The van der Waals surface area contributed by atoms with Gasteiger partial charge in [0.1, 0.15) is 11.5 Å². The molecule has 0 radical (unpaired) electrons. The van der Waals surface area contributed by atoms with Crippen LogP contribution in [0.4, 0.5) is 0 Å². The first-order chi connectivity index (χ1) is 18.5. The minimum absolute atomic E-state index is 0.00640. The number of phenols is 2. The van der Waals surface area contributed by atoms with Crippen molar-refractivity contribution < 1.29 is 10.2 Å². The Morgan fingerprint density at radius 3 is 1.82 bits per heavy atom. The number of hydrogen-bond donors (Lipinski definition) is 4. The van der Waals surface area contributed by atoms with Crippen molar-refractivity contribution in [2.75, 3.05) is 0 Å². The maximum atomic E-state index is 12.2. The molecule has 0 aliphatic carbocycles. The second-order valence-electron chi connectivity index (χ2n) is 9.67. The van der Waals surface area contributed by atoms with E-state index in [0.29, 0.717) is 16.7 Å². The monoisotopic (exact) mass is 496 g/mol. The van der Waals surface area contributed by atoms with Gasteiger partial charge in [0.05, 0.1) is 11.6 Å². The molecule has 0 aliphatic rings. The Morgan fingerprint density at radius 2 is 1.13 bits per heavy atom. The van der Waals surface area contributed by atoms with Gasteiger partial charge in [0.25, 0.3) is 0 Å². The summed E-state index contributed by atoms with van der Waals surface area (Å²) in [4.78, 5) is 0. The zero-order valence-electron chi connectivity index (χ0n) is 20.8. The fourth-order valence-electron chi connectivity index (χ4n) is 5.57. The van der Waals surface area contributed by atoms with E-state index in [9.17, 15) is 10.2 Å². The van der Waals surface area contributed by atoms with Gasteiger partial charge in [-0.05, 0) is 44.8 Å². The van der Waals surface area contributed by atoms with Gasteiger partial charge in [0.15, 0.2) is 0 Å². The second-order valence-corrected chi connectivity index (χ2v) is 9.67. The molecule has 6 rings (SSSR count). The molecule has 2 atom stereocenters. The van der Waals surface area contributed by atoms with Crippen LogP contribution in [0, 0.1) is 0 Å². The Kier molecular flexibility index (Phi) is 5.84. The van der Waals surface area contributed by atoms with E-state index >= 15 is 0 Å². The van der Waals surface area contributed by atoms with Crippen molar-refractivity contribution in [1.82, 2.24) is 0 Å². The zero-order chi connectivity index (χ0) is 26.3. The molecule has 0 aliphatic heterocycles. The molecule has 0 saturated heterocycles. The predicted molar refractivity (Wildman–Crippen MR) is 155 cm³/mol. The van der Waals surface area contributed by atoms with Crippen LogP contribution in [0.15, 0.2) is 127 Å². The number of phenolic OH excluding ortho intramolecular Hbond substituents is 2. The Balaban J connectivity index is 1.74. The van der Waals surface area contributed by atoms with Crippen molar-refractivity contribution in [3.05, 3.63) is 144 Å². The largest absolute Gasteiger partial charge is 0.507 e. The molecule has 186 valence electrons. The summed E-state index contributed by atoms with van der Waals surface area (Å²) in [6.07, 6.45) is 0. The van der Waals surface area contributed by atoms with Gasteiger partial charge in [-0.2, -0.15) is 0 Å². The minimum Gasteiger partial charge on any atom is -0.507 e. The molecule has 6 N–H and O–H groups in total. The topological polar surface area (TPSA) is 92.5 Å². The van der Waals surface area contributed by atoms with Crippen molar-refractivity contribution in [3.63, 3.8) is 0 Å². The van der Waals surface area contributed by atoms with Crippen LogP contribution < -0.4 is 11.5 Å². The number of aromatic hydroxyl groups is 2. The number of fused-ring (bicyclic) bond motifs is 2. The fourth-order valence-corrected chi connectivity index (χ4v) is 5.57. The Bertz CT molecular complexity index is 1770. The van der Waals surface area contributed by atoms with E-state index < -0.39 is 11.6 Å². The molecular formula is C34H28N2O2. The number of hydrogen-bond acceptors (Lipinski definition) is 4. The maximum absolute atomic E-state index is 12.2. The lowest BCUT2D eigenvalue weighted by Crippen LogP contribution is -2.47. The van der Waals surface area contributed by atoms with Crippen molar-refractivity contribution in [2.24, 2.45) is 11.5 Å². The smallest absolute Gasteiger partial charge is 0.129 e.